The zero-order chi connectivity index (χ0) is 16.3. The van der Waals surface area contributed by atoms with Gasteiger partial charge in [0, 0.05) is 38.2 Å². The molecular weight excluding hydrogens is 320 g/mol. The minimum Gasteiger partial charge on any atom is -0.374 e. The van der Waals surface area contributed by atoms with Gasteiger partial charge in [0.1, 0.15) is 0 Å². The lowest BCUT2D eigenvalue weighted by molar-refractivity contribution is -0.143. The Morgan fingerprint density at radius 1 is 1.05 bits per heavy atom. The van der Waals surface area contributed by atoms with E-state index in [0.717, 1.165) is 37.7 Å². The van der Waals surface area contributed by atoms with Crippen LogP contribution in [0.1, 0.15) is 40.0 Å². The molecule has 0 spiro atoms. The second kappa shape index (κ2) is 11.8. The molecule has 1 fully saturated rings. The summed E-state index contributed by atoms with van der Waals surface area (Å²) >= 11 is 1.98. The van der Waals surface area contributed by atoms with Crippen LogP contribution in [-0.4, -0.2) is 59.6 Å². The van der Waals surface area contributed by atoms with E-state index in [9.17, 15) is 0 Å². The van der Waals surface area contributed by atoms with Crippen LogP contribution in [-0.2, 0) is 22.8 Å². The fourth-order valence-corrected chi connectivity index (χ4v) is 6.55. The molecule has 0 bridgehead atoms. The lowest BCUT2D eigenvalue weighted by atomic mass is 10.2. The number of hydrogen-bond acceptors (Lipinski definition) is 6. The Morgan fingerprint density at radius 2 is 1.68 bits per heavy atom. The fraction of sp³-hybridized carbons (Fsp3) is 1.00. The van der Waals surface area contributed by atoms with Crippen molar-refractivity contribution in [2.45, 2.75) is 57.6 Å². The molecule has 0 amide bonds. The highest BCUT2D eigenvalue weighted by molar-refractivity contribution is 7.99. The highest BCUT2D eigenvalue weighted by atomic mass is 32.2. The zero-order valence-electron chi connectivity index (χ0n) is 14.5. The summed E-state index contributed by atoms with van der Waals surface area (Å²) in [5.41, 5.74) is 0. The number of rotatable bonds is 12. The number of ether oxygens (including phenoxy) is 2. The molecule has 2 unspecified atom stereocenters. The maximum atomic E-state index is 5.88. The van der Waals surface area contributed by atoms with Gasteiger partial charge in [-0.15, -0.1) is 0 Å². The molecule has 0 radical (unpaired) electrons. The van der Waals surface area contributed by atoms with E-state index in [-0.39, 0.29) is 6.29 Å². The Balaban J connectivity index is 2.27. The van der Waals surface area contributed by atoms with E-state index in [1.807, 2.05) is 32.5 Å². The summed E-state index contributed by atoms with van der Waals surface area (Å²) in [4.78, 5) is 0. The van der Waals surface area contributed by atoms with Crippen molar-refractivity contribution in [1.82, 2.24) is 0 Å². The number of hydrogen-bond donors (Lipinski definition) is 0. The standard InChI is InChI=1S/C15H32O5SSi/c1-5-18-22(19-6-2,20-7-3)12-8-11-21-14-9-10-15(16-4)17-13-14/h14-15H,5-13H2,1-4H3. The maximum Gasteiger partial charge on any atom is 0.500 e. The Labute approximate surface area is 140 Å². The molecule has 0 aromatic heterocycles. The van der Waals surface area contributed by atoms with Gasteiger partial charge in [-0.2, -0.15) is 11.8 Å². The third kappa shape index (κ3) is 7.29. The molecule has 0 N–H and O–H groups in total. The third-order valence-corrected chi connectivity index (χ3v) is 8.05. The van der Waals surface area contributed by atoms with Gasteiger partial charge in [0.05, 0.1) is 6.61 Å². The predicted molar refractivity (Wildman–Crippen MR) is 92.3 cm³/mol. The normalized spacial score (nSPS) is 22.9. The van der Waals surface area contributed by atoms with Gasteiger partial charge < -0.3 is 22.8 Å². The van der Waals surface area contributed by atoms with Crippen LogP contribution in [0.2, 0.25) is 6.04 Å². The number of thioether (sulfide) groups is 1. The molecule has 0 aromatic carbocycles. The van der Waals surface area contributed by atoms with Crippen LogP contribution in [0.25, 0.3) is 0 Å². The molecule has 132 valence electrons. The Kier molecular flexibility index (Phi) is 11.0. The van der Waals surface area contributed by atoms with Crippen LogP contribution >= 0.6 is 11.8 Å². The van der Waals surface area contributed by atoms with E-state index in [1.165, 1.54) is 0 Å². The van der Waals surface area contributed by atoms with Crippen LogP contribution in [0.15, 0.2) is 0 Å². The van der Waals surface area contributed by atoms with Gasteiger partial charge in [0.2, 0.25) is 0 Å². The summed E-state index contributed by atoms with van der Waals surface area (Å²) in [6.07, 6.45) is 3.20. The van der Waals surface area contributed by atoms with E-state index in [4.69, 9.17) is 22.8 Å². The lowest BCUT2D eigenvalue weighted by Gasteiger charge is -2.29. The fourth-order valence-electron chi connectivity index (χ4n) is 2.56. The lowest BCUT2D eigenvalue weighted by Crippen LogP contribution is -2.46. The maximum absolute atomic E-state index is 5.88. The first-order valence-electron chi connectivity index (χ1n) is 8.37. The predicted octanol–water partition coefficient (Wildman–Crippen LogP) is 3.31. The second-order valence-corrected chi connectivity index (χ2v) is 9.29. The molecule has 2 atom stereocenters. The molecule has 1 saturated heterocycles. The van der Waals surface area contributed by atoms with Gasteiger partial charge in [-0.3, -0.25) is 0 Å². The van der Waals surface area contributed by atoms with Crippen molar-refractivity contribution >= 4 is 20.6 Å². The molecule has 1 aliphatic heterocycles. The van der Waals surface area contributed by atoms with Gasteiger partial charge in [0.25, 0.3) is 0 Å². The molecular formula is C15H32O5SSi. The molecule has 22 heavy (non-hydrogen) atoms. The first-order chi connectivity index (χ1) is 10.7. The molecule has 1 aliphatic rings. The molecule has 7 heteroatoms. The Bertz CT molecular complexity index is 258. The molecule has 1 rings (SSSR count). The van der Waals surface area contributed by atoms with Crippen LogP contribution < -0.4 is 0 Å². The highest BCUT2D eigenvalue weighted by Crippen LogP contribution is 2.26. The average molecular weight is 353 g/mol. The van der Waals surface area contributed by atoms with Gasteiger partial charge in [-0.1, -0.05) is 0 Å². The van der Waals surface area contributed by atoms with E-state index in [1.54, 1.807) is 7.11 Å². The van der Waals surface area contributed by atoms with E-state index in [0.29, 0.717) is 25.1 Å². The summed E-state index contributed by atoms with van der Waals surface area (Å²) in [6, 6.07) is 0.893. The topological polar surface area (TPSA) is 46.2 Å². The number of methoxy groups -OCH3 is 1. The summed E-state index contributed by atoms with van der Waals surface area (Å²) in [5.74, 6) is 1.09. The van der Waals surface area contributed by atoms with Crippen molar-refractivity contribution in [2.75, 3.05) is 39.3 Å². The van der Waals surface area contributed by atoms with Crippen molar-refractivity contribution in [3.05, 3.63) is 0 Å². The Morgan fingerprint density at radius 3 is 2.14 bits per heavy atom. The first kappa shape index (κ1) is 20.4. The molecule has 0 aromatic rings. The zero-order valence-corrected chi connectivity index (χ0v) is 16.3. The van der Waals surface area contributed by atoms with E-state index >= 15 is 0 Å². The third-order valence-electron chi connectivity index (χ3n) is 3.53. The summed E-state index contributed by atoms with van der Waals surface area (Å²) in [5, 5.41) is 0.578. The van der Waals surface area contributed by atoms with Gasteiger partial charge in [0.15, 0.2) is 6.29 Å². The SMILES string of the molecule is CCO[Si](CCCSC1CCC(OC)OC1)(OCC)OCC. The first-order valence-corrected chi connectivity index (χ1v) is 11.4. The van der Waals surface area contributed by atoms with Crippen LogP contribution in [0, 0.1) is 0 Å². The average Bonchev–Trinajstić information content (AvgIpc) is 2.53. The smallest absolute Gasteiger partial charge is 0.374 e. The summed E-state index contributed by atoms with van der Waals surface area (Å²) in [6.45, 7) is 8.73. The quantitative estimate of drug-likeness (QED) is 0.397. The highest BCUT2D eigenvalue weighted by Gasteiger charge is 2.39. The van der Waals surface area contributed by atoms with Gasteiger partial charge >= 0.3 is 8.80 Å². The van der Waals surface area contributed by atoms with E-state index in [2.05, 4.69) is 0 Å². The summed E-state index contributed by atoms with van der Waals surface area (Å²) < 4.78 is 28.5. The molecule has 5 nitrogen and oxygen atoms in total. The monoisotopic (exact) mass is 352 g/mol. The van der Waals surface area contributed by atoms with Crippen molar-refractivity contribution in [3.8, 4) is 0 Å². The van der Waals surface area contributed by atoms with Crippen LogP contribution in [0.4, 0.5) is 0 Å². The molecule has 0 aliphatic carbocycles. The van der Waals surface area contributed by atoms with Gasteiger partial charge in [-0.25, -0.2) is 0 Å². The second-order valence-electron chi connectivity index (χ2n) is 5.15. The Hall–Kier alpha value is 0.367. The van der Waals surface area contributed by atoms with Crippen molar-refractivity contribution < 1.29 is 22.8 Å². The molecule has 0 saturated carbocycles. The van der Waals surface area contributed by atoms with Crippen LogP contribution in [0.3, 0.4) is 0 Å². The van der Waals surface area contributed by atoms with Crippen molar-refractivity contribution in [3.63, 3.8) is 0 Å². The van der Waals surface area contributed by atoms with E-state index < -0.39 is 8.80 Å². The molecule has 1 heterocycles. The van der Waals surface area contributed by atoms with Crippen molar-refractivity contribution in [1.29, 1.82) is 0 Å². The minimum absolute atomic E-state index is 0.00855. The van der Waals surface area contributed by atoms with Crippen LogP contribution in [0.5, 0.6) is 0 Å². The van der Waals surface area contributed by atoms with Crippen molar-refractivity contribution in [2.24, 2.45) is 0 Å². The van der Waals surface area contributed by atoms with Gasteiger partial charge in [-0.05, 0) is 45.8 Å². The minimum atomic E-state index is -2.46. The largest absolute Gasteiger partial charge is 0.500 e. The summed E-state index contributed by atoms with van der Waals surface area (Å²) in [7, 11) is -0.758.